The summed E-state index contributed by atoms with van der Waals surface area (Å²) in [6, 6.07) is 4.46. The normalized spacial score (nSPS) is 10.1. The Hall–Kier alpha value is -2.97. The van der Waals surface area contributed by atoms with Crippen LogP contribution in [0.1, 0.15) is 0 Å². The molecule has 9 heteroatoms. The summed E-state index contributed by atoms with van der Waals surface area (Å²) in [5.41, 5.74) is 4.80. The van der Waals surface area contributed by atoms with E-state index in [4.69, 9.17) is 15.2 Å². The number of methoxy groups -OCH3 is 1. The van der Waals surface area contributed by atoms with Gasteiger partial charge in [0.25, 0.3) is 0 Å². The van der Waals surface area contributed by atoms with Crippen molar-refractivity contribution in [3.05, 3.63) is 40.2 Å². The number of rotatable bonds is 4. The quantitative estimate of drug-likeness (QED) is 0.672. The monoisotopic (exact) mass is 280 g/mol. The maximum absolute atomic E-state index is 13.4. The SMILES string of the molecule is COc1cc(Oc2ccc([N+](=O)[O-])c(F)c2)nc(N)n1. The van der Waals surface area contributed by atoms with Crippen LogP contribution in [-0.4, -0.2) is 22.0 Å². The maximum Gasteiger partial charge on any atom is 0.305 e. The van der Waals surface area contributed by atoms with E-state index in [1.54, 1.807) is 0 Å². The molecule has 0 atom stereocenters. The third kappa shape index (κ3) is 2.88. The Morgan fingerprint density at radius 1 is 1.30 bits per heavy atom. The number of nitrogens with two attached hydrogens (primary N) is 1. The van der Waals surface area contributed by atoms with E-state index >= 15 is 0 Å². The molecule has 8 nitrogen and oxygen atoms in total. The topological polar surface area (TPSA) is 113 Å². The van der Waals surface area contributed by atoms with Crippen molar-refractivity contribution in [1.29, 1.82) is 0 Å². The number of nitro benzene ring substituents is 1. The fraction of sp³-hybridized carbons (Fsp3) is 0.0909. The summed E-state index contributed by atoms with van der Waals surface area (Å²) in [4.78, 5) is 17.2. The van der Waals surface area contributed by atoms with E-state index in [9.17, 15) is 14.5 Å². The first-order valence-corrected chi connectivity index (χ1v) is 5.30. The minimum atomic E-state index is -1.01. The van der Waals surface area contributed by atoms with Crippen molar-refractivity contribution < 1.29 is 18.8 Å². The predicted molar refractivity (Wildman–Crippen MR) is 66.1 cm³/mol. The summed E-state index contributed by atoms with van der Waals surface area (Å²) in [7, 11) is 1.39. The van der Waals surface area contributed by atoms with Crippen LogP contribution in [0.3, 0.4) is 0 Å². The third-order valence-electron chi connectivity index (χ3n) is 2.24. The van der Waals surface area contributed by atoms with E-state index in [-0.39, 0.29) is 23.5 Å². The van der Waals surface area contributed by atoms with Gasteiger partial charge < -0.3 is 15.2 Å². The van der Waals surface area contributed by atoms with Crippen LogP contribution < -0.4 is 15.2 Å². The summed E-state index contributed by atoms with van der Waals surface area (Å²) >= 11 is 0. The van der Waals surface area contributed by atoms with Crippen molar-refractivity contribution >= 4 is 11.6 Å². The molecule has 0 saturated carbocycles. The number of hydrogen-bond donors (Lipinski definition) is 1. The molecular formula is C11H9FN4O4. The lowest BCUT2D eigenvalue weighted by Gasteiger charge is -2.06. The van der Waals surface area contributed by atoms with Gasteiger partial charge in [0.1, 0.15) is 5.75 Å². The Bertz CT molecular complexity index is 665. The van der Waals surface area contributed by atoms with E-state index in [0.717, 1.165) is 12.1 Å². The Kier molecular flexibility index (Phi) is 3.60. The zero-order valence-electron chi connectivity index (χ0n) is 10.2. The second-order valence-electron chi connectivity index (χ2n) is 3.58. The predicted octanol–water partition coefficient (Wildman–Crippen LogP) is 1.91. The molecule has 0 spiro atoms. The van der Waals surface area contributed by atoms with E-state index in [1.807, 2.05) is 0 Å². The average molecular weight is 280 g/mol. The van der Waals surface area contributed by atoms with Gasteiger partial charge >= 0.3 is 5.69 Å². The minimum absolute atomic E-state index is 0.0302. The smallest absolute Gasteiger partial charge is 0.305 e. The number of nitrogens with zero attached hydrogens (tertiary/aromatic N) is 3. The number of nitro groups is 1. The van der Waals surface area contributed by atoms with Gasteiger partial charge in [-0.1, -0.05) is 0 Å². The minimum Gasteiger partial charge on any atom is -0.481 e. The van der Waals surface area contributed by atoms with Crippen molar-refractivity contribution in [2.24, 2.45) is 0 Å². The van der Waals surface area contributed by atoms with E-state index in [2.05, 4.69) is 9.97 Å². The van der Waals surface area contributed by atoms with Crippen molar-refractivity contribution in [1.82, 2.24) is 9.97 Å². The highest BCUT2D eigenvalue weighted by Crippen LogP contribution is 2.27. The van der Waals surface area contributed by atoms with Gasteiger partial charge in [-0.05, 0) is 6.07 Å². The fourth-order valence-electron chi connectivity index (χ4n) is 1.40. The maximum atomic E-state index is 13.4. The summed E-state index contributed by atoms with van der Waals surface area (Å²) in [5, 5.41) is 10.5. The van der Waals surface area contributed by atoms with Crippen molar-refractivity contribution in [2.45, 2.75) is 0 Å². The molecule has 0 radical (unpaired) electrons. The molecule has 2 rings (SSSR count). The van der Waals surface area contributed by atoms with Gasteiger partial charge in [-0.25, -0.2) is 0 Å². The van der Waals surface area contributed by atoms with Crippen LogP contribution in [0.2, 0.25) is 0 Å². The van der Waals surface area contributed by atoms with Gasteiger partial charge in [0, 0.05) is 12.1 Å². The number of hydrogen-bond acceptors (Lipinski definition) is 7. The molecule has 1 aromatic carbocycles. The molecule has 0 fully saturated rings. The molecule has 104 valence electrons. The van der Waals surface area contributed by atoms with Crippen LogP contribution in [0.5, 0.6) is 17.5 Å². The van der Waals surface area contributed by atoms with Gasteiger partial charge in [-0.3, -0.25) is 10.1 Å². The molecule has 2 aromatic rings. The zero-order valence-corrected chi connectivity index (χ0v) is 10.2. The van der Waals surface area contributed by atoms with Crippen LogP contribution in [0.15, 0.2) is 24.3 Å². The fourth-order valence-corrected chi connectivity index (χ4v) is 1.40. The first-order chi connectivity index (χ1) is 9.49. The molecule has 0 unspecified atom stereocenters. The van der Waals surface area contributed by atoms with Crippen molar-refractivity contribution in [3.8, 4) is 17.5 Å². The molecule has 1 heterocycles. The molecule has 0 aliphatic carbocycles. The Balaban J connectivity index is 2.28. The molecule has 0 aliphatic heterocycles. The van der Waals surface area contributed by atoms with Crippen molar-refractivity contribution in [3.63, 3.8) is 0 Å². The number of halogens is 1. The van der Waals surface area contributed by atoms with Crippen LogP contribution in [0.25, 0.3) is 0 Å². The lowest BCUT2D eigenvalue weighted by molar-refractivity contribution is -0.387. The molecule has 1 aromatic heterocycles. The van der Waals surface area contributed by atoms with Crippen molar-refractivity contribution in [2.75, 3.05) is 12.8 Å². The Labute approximate surface area is 112 Å². The van der Waals surface area contributed by atoms with Gasteiger partial charge in [0.2, 0.25) is 23.5 Å². The second-order valence-corrected chi connectivity index (χ2v) is 3.58. The molecule has 0 bridgehead atoms. The molecule has 2 N–H and O–H groups in total. The van der Waals surface area contributed by atoms with E-state index < -0.39 is 16.4 Å². The molecule has 0 amide bonds. The third-order valence-corrected chi connectivity index (χ3v) is 2.24. The lowest BCUT2D eigenvalue weighted by atomic mass is 10.3. The zero-order chi connectivity index (χ0) is 14.7. The Morgan fingerprint density at radius 2 is 2.00 bits per heavy atom. The second kappa shape index (κ2) is 5.34. The van der Waals surface area contributed by atoms with Gasteiger partial charge in [0.05, 0.1) is 18.1 Å². The summed E-state index contributed by atoms with van der Waals surface area (Å²) < 4.78 is 23.5. The van der Waals surface area contributed by atoms with Crippen LogP contribution >= 0.6 is 0 Å². The largest absolute Gasteiger partial charge is 0.481 e. The van der Waals surface area contributed by atoms with Crippen LogP contribution in [0.4, 0.5) is 16.0 Å². The number of anilines is 1. The summed E-state index contributed by atoms with van der Waals surface area (Å²) in [5.74, 6) is -0.853. The number of benzene rings is 1. The molecule has 0 aliphatic rings. The first kappa shape index (κ1) is 13.5. The number of nitrogen functional groups attached to an aromatic ring is 1. The summed E-state index contributed by atoms with van der Waals surface area (Å²) in [6.07, 6.45) is 0. The average Bonchev–Trinajstić information content (AvgIpc) is 2.37. The lowest BCUT2D eigenvalue weighted by Crippen LogP contribution is -2.00. The van der Waals surface area contributed by atoms with E-state index in [1.165, 1.54) is 19.2 Å². The Morgan fingerprint density at radius 3 is 2.60 bits per heavy atom. The van der Waals surface area contributed by atoms with Gasteiger partial charge in [-0.2, -0.15) is 14.4 Å². The van der Waals surface area contributed by atoms with Gasteiger partial charge in [0.15, 0.2) is 0 Å². The van der Waals surface area contributed by atoms with E-state index in [0.29, 0.717) is 0 Å². The highest BCUT2D eigenvalue weighted by molar-refractivity contribution is 5.40. The standard InChI is InChI=1S/C11H9FN4O4/c1-19-9-5-10(15-11(13)14-9)20-6-2-3-8(16(17)18)7(12)4-6/h2-5H,1H3,(H2,13,14,15). The van der Waals surface area contributed by atoms with Gasteiger partial charge in [-0.15, -0.1) is 0 Å². The molecular weight excluding hydrogens is 271 g/mol. The molecule has 20 heavy (non-hydrogen) atoms. The van der Waals surface area contributed by atoms with Crippen LogP contribution in [-0.2, 0) is 0 Å². The highest BCUT2D eigenvalue weighted by Gasteiger charge is 2.15. The summed E-state index contributed by atoms with van der Waals surface area (Å²) in [6.45, 7) is 0. The number of ether oxygens (including phenoxy) is 2. The highest BCUT2D eigenvalue weighted by atomic mass is 19.1. The first-order valence-electron chi connectivity index (χ1n) is 5.30. The molecule has 0 saturated heterocycles. The van der Waals surface area contributed by atoms with Crippen LogP contribution in [0, 0.1) is 15.9 Å². The number of aromatic nitrogens is 2.